The molecule has 3 nitrogen and oxygen atoms in total. The Kier molecular flexibility index (Phi) is 12.2. The molecule has 1 unspecified atom stereocenters. The third kappa shape index (κ3) is 12.0. The smallest absolute Gasteiger partial charge is 0.318 e. The summed E-state index contributed by atoms with van der Waals surface area (Å²) in [6.07, 6.45) is 9.52. The lowest BCUT2D eigenvalue weighted by molar-refractivity contribution is 0.282. The van der Waals surface area contributed by atoms with Gasteiger partial charge in [0, 0.05) is 13.7 Å². The maximum atomic E-state index is 9.25. The Morgan fingerprint density at radius 2 is 1.33 bits per heavy atom. The average Bonchev–Trinajstić information content (AvgIpc) is 2.26. The van der Waals surface area contributed by atoms with Crippen molar-refractivity contribution in [2.24, 2.45) is 0 Å². The quantitative estimate of drug-likeness (QED) is 0.424. The van der Waals surface area contributed by atoms with E-state index in [1.165, 1.54) is 32.1 Å². The molecule has 0 spiro atoms. The zero-order valence-electron chi connectivity index (χ0n) is 9.95. The summed E-state index contributed by atoms with van der Waals surface area (Å²) >= 11 is 0. The molecule has 0 saturated carbocycles. The largest absolute Gasteiger partial charge is 0.413 e. The Morgan fingerprint density at radius 1 is 0.867 bits per heavy atom. The average molecular weight is 234 g/mol. The molecule has 0 aliphatic rings. The van der Waals surface area contributed by atoms with E-state index in [1.54, 1.807) is 7.11 Å². The predicted octanol–water partition coefficient (Wildman–Crippen LogP) is 1.96. The molecule has 1 atom stereocenters. The minimum Gasteiger partial charge on any atom is -0.413 e. The van der Waals surface area contributed by atoms with E-state index in [1.807, 2.05) is 0 Å². The molecular formula is C11H26O3Si. The topological polar surface area (TPSA) is 49.7 Å². The maximum absolute atomic E-state index is 9.25. The molecule has 4 heteroatoms. The Hall–Kier alpha value is 0.0969. The van der Waals surface area contributed by atoms with Gasteiger partial charge in [0.05, 0.1) is 0 Å². The van der Waals surface area contributed by atoms with Gasteiger partial charge in [-0.1, -0.05) is 44.9 Å². The molecule has 15 heavy (non-hydrogen) atoms. The standard InChI is InChI=1S/C11H26O3Si/c1-14-15(13)11-9-7-5-3-2-4-6-8-10-12/h12-13,15H,2-11H2,1H3. The van der Waals surface area contributed by atoms with Crippen LogP contribution in [0.15, 0.2) is 0 Å². The normalized spacial score (nSPS) is 13.0. The van der Waals surface area contributed by atoms with Crippen LogP contribution < -0.4 is 0 Å². The highest BCUT2D eigenvalue weighted by Crippen LogP contribution is 2.10. The lowest BCUT2D eigenvalue weighted by Crippen LogP contribution is -2.14. The van der Waals surface area contributed by atoms with Gasteiger partial charge in [-0.05, 0) is 12.5 Å². The monoisotopic (exact) mass is 234 g/mol. The summed E-state index contributed by atoms with van der Waals surface area (Å²) in [6.45, 7) is 0.333. The fourth-order valence-electron chi connectivity index (χ4n) is 1.61. The molecule has 0 aliphatic heterocycles. The minimum atomic E-state index is -1.78. The summed E-state index contributed by atoms with van der Waals surface area (Å²) in [5.41, 5.74) is 0. The number of hydrogen-bond donors (Lipinski definition) is 2. The minimum absolute atomic E-state index is 0.333. The number of hydrogen-bond acceptors (Lipinski definition) is 3. The molecule has 0 amide bonds. The Bertz CT molecular complexity index is 122. The van der Waals surface area contributed by atoms with Gasteiger partial charge >= 0.3 is 9.28 Å². The molecular weight excluding hydrogens is 208 g/mol. The Labute approximate surface area is 95.3 Å². The van der Waals surface area contributed by atoms with Gasteiger partial charge in [0.15, 0.2) is 0 Å². The molecule has 0 heterocycles. The third-order valence-electron chi connectivity index (χ3n) is 2.63. The highest BCUT2D eigenvalue weighted by Gasteiger charge is 2.03. The van der Waals surface area contributed by atoms with Crippen LogP contribution in [-0.2, 0) is 4.43 Å². The SMILES string of the molecule is CO[SiH](O)CCCCCCCCCCO. The predicted molar refractivity (Wildman–Crippen MR) is 65.2 cm³/mol. The number of unbranched alkanes of at least 4 members (excludes halogenated alkanes) is 7. The zero-order valence-corrected chi connectivity index (χ0v) is 11.1. The first kappa shape index (κ1) is 15.1. The molecule has 0 saturated heterocycles. The molecule has 0 aromatic heterocycles. The summed E-state index contributed by atoms with van der Waals surface area (Å²) < 4.78 is 4.89. The fraction of sp³-hybridized carbons (Fsp3) is 1.00. The summed E-state index contributed by atoms with van der Waals surface area (Å²) in [7, 11) is -0.188. The van der Waals surface area contributed by atoms with Gasteiger partial charge in [-0.15, -0.1) is 0 Å². The second kappa shape index (κ2) is 12.2. The van der Waals surface area contributed by atoms with Crippen molar-refractivity contribution in [3.8, 4) is 0 Å². The van der Waals surface area contributed by atoms with Crippen LogP contribution in [0.25, 0.3) is 0 Å². The number of rotatable bonds is 11. The fourth-order valence-corrected chi connectivity index (χ4v) is 2.48. The van der Waals surface area contributed by atoms with Crippen molar-refractivity contribution >= 4 is 9.28 Å². The van der Waals surface area contributed by atoms with Crippen LogP contribution in [0.5, 0.6) is 0 Å². The van der Waals surface area contributed by atoms with Crippen LogP contribution in [0.2, 0.25) is 6.04 Å². The first-order valence-corrected chi connectivity index (χ1v) is 7.93. The molecule has 2 N–H and O–H groups in total. The van der Waals surface area contributed by atoms with E-state index in [0.29, 0.717) is 6.61 Å². The van der Waals surface area contributed by atoms with Gasteiger partial charge in [0.1, 0.15) is 0 Å². The first-order chi connectivity index (χ1) is 7.31. The van der Waals surface area contributed by atoms with Crippen molar-refractivity contribution in [1.82, 2.24) is 0 Å². The molecule has 0 aromatic rings. The lowest BCUT2D eigenvalue weighted by atomic mass is 10.1. The number of aliphatic hydroxyl groups excluding tert-OH is 1. The van der Waals surface area contributed by atoms with E-state index in [2.05, 4.69) is 0 Å². The van der Waals surface area contributed by atoms with E-state index >= 15 is 0 Å². The molecule has 92 valence electrons. The van der Waals surface area contributed by atoms with Crippen LogP contribution in [0.1, 0.15) is 51.4 Å². The van der Waals surface area contributed by atoms with E-state index in [-0.39, 0.29) is 0 Å². The van der Waals surface area contributed by atoms with Gasteiger partial charge in [-0.25, -0.2) is 0 Å². The van der Waals surface area contributed by atoms with Crippen LogP contribution in [0.3, 0.4) is 0 Å². The van der Waals surface area contributed by atoms with Crippen molar-refractivity contribution in [2.45, 2.75) is 57.4 Å². The Morgan fingerprint density at radius 3 is 1.80 bits per heavy atom. The molecule has 0 rings (SSSR count). The second-order valence-corrected chi connectivity index (χ2v) is 5.99. The van der Waals surface area contributed by atoms with Crippen molar-refractivity contribution in [3.63, 3.8) is 0 Å². The zero-order chi connectivity index (χ0) is 11.4. The summed E-state index contributed by atoms with van der Waals surface area (Å²) in [5, 5.41) is 8.58. The van der Waals surface area contributed by atoms with Gasteiger partial charge < -0.3 is 14.3 Å². The van der Waals surface area contributed by atoms with E-state index < -0.39 is 9.28 Å². The third-order valence-corrected chi connectivity index (χ3v) is 4.08. The summed E-state index contributed by atoms with van der Waals surface area (Å²) in [5.74, 6) is 0. The van der Waals surface area contributed by atoms with Crippen LogP contribution in [0.4, 0.5) is 0 Å². The van der Waals surface area contributed by atoms with Crippen molar-refractivity contribution in [3.05, 3.63) is 0 Å². The molecule has 0 aromatic carbocycles. The van der Waals surface area contributed by atoms with Crippen molar-refractivity contribution in [1.29, 1.82) is 0 Å². The van der Waals surface area contributed by atoms with Crippen LogP contribution in [-0.4, -0.2) is 32.9 Å². The van der Waals surface area contributed by atoms with Crippen LogP contribution in [0, 0.1) is 0 Å². The lowest BCUT2D eigenvalue weighted by Gasteiger charge is -2.05. The van der Waals surface area contributed by atoms with Crippen molar-refractivity contribution in [2.75, 3.05) is 13.7 Å². The summed E-state index contributed by atoms with van der Waals surface area (Å²) in [6, 6.07) is 0.890. The maximum Gasteiger partial charge on any atom is 0.318 e. The molecule has 0 radical (unpaired) electrons. The van der Waals surface area contributed by atoms with E-state index in [9.17, 15) is 4.80 Å². The summed E-state index contributed by atoms with van der Waals surface area (Å²) in [4.78, 5) is 9.25. The van der Waals surface area contributed by atoms with E-state index in [0.717, 1.165) is 25.3 Å². The van der Waals surface area contributed by atoms with Gasteiger partial charge in [0.25, 0.3) is 0 Å². The first-order valence-electron chi connectivity index (χ1n) is 6.13. The van der Waals surface area contributed by atoms with Crippen LogP contribution >= 0.6 is 0 Å². The van der Waals surface area contributed by atoms with Gasteiger partial charge in [0.2, 0.25) is 0 Å². The van der Waals surface area contributed by atoms with Gasteiger partial charge in [-0.3, -0.25) is 0 Å². The second-order valence-electron chi connectivity index (χ2n) is 4.03. The number of aliphatic hydroxyl groups is 1. The van der Waals surface area contributed by atoms with Crippen molar-refractivity contribution < 1.29 is 14.3 Å². The molecule has 0 bridgehead atoms. The highest BCUT2D eigenvalue weighted by molar-refractivity contribution is 6.42. The van der Waals surface area contributed by atoms with E-state index in [4.69, 9.17) is 9.53 Å². The highest BCUT2D eigenvalue weighted by atomic mass is 28.3. The molecule has 0 fully saturated rings. The Balaban J connectivity index is 2.92. The molecule has 0 aliphatic carbocycles. The van der Waals surface area contributed by atoms with Gasteiger partial charge in [-0.2, -0.15) is 0 Å².